The number of aliphatic carboxylic acids is 1. The molecule has 0 aromatic carbocycles. The van der Waals surface area contributed by atoms with Crippen molar-refractivity contribution in [2.75, 3.05) is 26.8 Å². The van der Waals surface area contributed by atoms with Gasteiger partial charge in [-0.05, 0) is 18.8 Å². The van der Waals surface area contributed by atoms with Crippen LogP contribution in [0.15, 0.2) is 0 Å². The molecule has 0 aliphatic carbocycles. The quantitative estimate of drug-likeness (QED) is 0.764. The summed E-state index contributed by atoms with van der Waals surface area (Å²) in [6, 6.07) is -1.16. The van der Waals surface area contributed by atoms with Crippen LogP contribution in [0.3, 0.4) is 0 Å². The van der Waals surface area contributed by atoms with Gasteiger partial charge in [-0.2, -0.15) is 0 Å². The molecule has 1 aliphatic rings. The van der Waals surface area contributed by atoms with Crippen molar-refractivity contribution in [1.82, 2.24) is 10.2 Å². The fourth-order valence-corrected chi connectivity index (χ4v) is 2.32. The van der Waals surface area contributed by atoms with Crippen molar-refractivity contribution >= 4 is 12.0 Å². The van der Waals surface area contributed by atoms with Gasteiger partial charge in [0.2, 0.25) is 0 Å². The molecule has 1 heterocycles. The van der Waals surface area contributed by atoms with Gasteiger partial charge < -0.3 is 20.1 Å². The lowest BCUT2D eigenvalue weighted by Gasteiger charge is -2.33. The van der Waals surface area contributed by atoms with Gasteiger partial charge in [-0.15, -0.1) is 0 Å². The number of likely N-dealkylation sites (tertiary alicyclic amines) is 1. The van der Waals surface area contributed by atoms with E-state index in [-0.39, 0.29) is 12.5 Å². The molecule has 0 radical (unpaired) electrons. The van der Waals surface area contributed by atoms with E-state index in [9.17, 15) is 9.59 Å². The molecule has 110 valence electrons. The number of carbonyl (C=O) groups is 2. The third-order valence-electron chi connectivity index (χ3n) is 3.59. The molecule has 2 N–H and O–H groups in total. The number of urea groups is 1. The lowest BCUT2D eigenvalue weighted by atomic mass is 9.96. The molecule has 2 unspecified atom stereocenters. The second-order valence-corrected chi connectivity index (χ2v) is 4.98. The Bertz CT molecular complexity index is 309. The Labute approximate surface area is 114 Å². The molecule has 0 aromatic rings. The highest BCUT2D eigenvalue weighted by molar-refractivity contribution is 5.82. The number of carboxylic acids is 1. The summed E-state index contributed by atoms with van der Waals surface area (Å²) in [7, 11) is 1.51. The number of carboxylic acid groups (broad SMARTS) is 1. The molecule has 1 aliphatic heterocycles. The summed E-state index contributed by atoms with van der Waals surface area (Å²) in [5.41, 5.74) is 0. The van der Waals surface area contributed by atoms with Gasteiger partial charge in [0, 0.05) is 33.2 Å². The van der Waals surface area contributed by atoms with Crippen molar-refractivity contribution < 1.29 is 19.4 Å². The van der Waals surface area contributed by atoms with Crippen LogP contribution < -0.4 is 5.32 Å². The first-order valence-electron chi connectivity index (χ1n) is 6.85. The van der Waals surface area contributed by atoms with Gasteiger partial charge in [0.15, 0.2) is 0 Å². The number of piperidine rings is 1. The van der Waals surface area contributed by atoms with Crippen LogP contribution in [0.2, 0.25) is 0 Å². The number of carbonyl (C=O) groups excluding carboxylic acids is 1. The van der Waals surface area contributed by atoms with Gasteiger partial charge in [-0.3, -0.25) is 0 Å². The van der Waals surface area contributed by atoms with E-state index in [1.54, 1.807) is 4.90 Å². The molecule has 19 heavy (non-hydrogen) atoms. The summed E-state index contributed by atoms with van der Waals surface area (Å²) in [6.07, 6.45) is 3.46. The van der Waals surface area contributed by atoms with Crippen LogP contribution in [0.1, 0.15) is 32.6 Å². The molecule has 0 spiro atoms. The normalized spacial score (nSPS) is 20.9. The van der Waals surface area contributed by atoms with Gasteiger partial charge in [0.1, 0.15) is 6.04 Å². The van der Waals surface area contributed by atoms with Crippen molar-refractivity contribution in [3.05, 3.63) is 0 Å². The molecule has 0 saturated carbocycles. The minimum Gasteiger partial charge on any atom is -0.480 e. The summed E-state index contributed by atoms with van der Waals surface area (Å²) in [5, 5.41) is 11.6. The highest BCUT2D eigenvalue weighted by atomic mass is 16.5. The average Bonchev–Trinajstić information content (AvgIpc) is 2.42. The zero-order chi connectivity index (χ0) is 14.3. The highest BCUT2D eigenvalue weighted by Crippen LogP contribution is 2.19. The van der Waals surface area contributed by atoms with E-state index in [1.807, 2.05) is 0 Å². The van der Waals surface area contributed by atoms with Gasteiger partial charge in [0.25, 0.3) is 0 Å². The first kappa shape index (κ1) is 15.8. The van der Waals surface area contributed by atoms with Gasteiger partial charge >= 0.3 is 12.0 Å². The van der Waals surface area contributed by atoms with E-state index >= 15 is 0 Å². The first-order valence-corrected chi connectivity index (χ1v) is 6.85. The number of nitrogens with zero attached hydrogens (tertiary/aromatic N) is 1. The minimum absolute atomic E-state index is 0.276. The third-order valence-corrected chi connectivity index (χ3v) is 3.59. The van der Waals surface area contributed by atoms with Crippen molar-refractivity contribution in [3.63, 3.8) is 0 Å². The standard InChI is InChI=1S/C13H24N2O4/c1-3-10-5-4-7-15(9-10)13(18)14-11(12(16)17)6-8-19-2/h10-11H,3-9H2,1-2H3,(H,14,18)(H,16,17). The van der Waals surface area contributed by atoms with E-state index in [0.717, 1.165) is 25.8 Å². The molecule has 1 fully saturated rings. The lowest BCUT2D eigenvalue weighted by Crippen LogP contribution is -2.51. The Hall–Kier alpha value is -1.30. The van der Waals surface area contributed by atoms with Crippen molar-refractivity contribution in [3.8, 4) is 0 Å². The van der Waals surface area contributed by atoms with Gasteiger partial charge in [0.05, 0.1) is 0 Å². The highest BCUT2D eigenvalue weighted by Gasteiger charge is 2.26. The van der Waals surface area contributed by atoms with Crippen LogP contribution in [-0.4, -0.2) is 54.9 Å². The van der Waals surface area contributed by atoms with Gasteiger partial charge in [-0.1, -0.05) is 13.3 Å². The largest absolute Gasteiger partial charge is 0.480 e. The van der Waals surface area contributed by atoms with Crippen molar-refractivity contribution in [2.45, 2.75) is 38.6 Å². The zero-order valence-electron chi connectivity index (χ0n) is 11.7. The monoisotopic (exact) mass is 272 g/mol. The van der Waals surface area contributed by atoms with E-state index < -0.39 is 12.0 Å². The molecule has 1 saturated heterocycles. The molecule has 0 aromatic heterocycles. The van der Waals surface area contributed by atoms with Crippen LogP contribution in [0.25, 0.3) is 0 Å². The molecular formula is C13H24N2O4. The predicted molar refractivity (Wildman–Crippen MR) is 71.0 cm³/mol. The Kier molecular flexibility index (Phi) is 6.62. The van der Waals surface area contributed by atoms with Crippen LogP contribution in [-0.2, 0) is 9.53 Å². The van der Waals surface area contributed by atoms with Crippen LogP contribution in [0.4, 0.5) is 4.79 Å². The zero-order valence-corrected chi connectivity index (χ0v) is 11.7. The van der Waals surface area contributed by atoms with E-state index in [4.69, 9.17) is 9.84 Å². The number of hydrogen-bond acceptors (Lipinski definition) is 3. The maximum absolute atomic E-state index is 12.0. The summed E-state index contributed by atoms with van der Waals surface area (Å²) in [4.78, 5) is 24.8. The maximum atomic E-state index is 12.0. The number of hydrogen-bond donors (Lipinski definition) is 2. The fourth-order valence-electron chi connectivity index (χ4n) is 2.32. The summed E-state index contributed by atoms with van der Waals surface area (Å²) < 4.78 is 4.86. The molecular weight excluding hydrogens is 248 g/mol. The summed E-state index contributed by atoms with van der Waals surface area (Å²) in [6.45, 7) is 3.86. The fraction of sp³-hybridized carbons (Fsp3) is 0.846. The average molecular weight is 272 g/mol. The van der Waals surface area contributed by atoms with Crippen LogP contribution in [0, 0.1) is 5.92 Å². The van der Waals surface area contributed by atoms with Crippen molar-refractivity contribution in [1.29, 1.82) is 0 Å². The van der Waals surface area contributed by atoms with Crippen molar-refractivity contribution in [2.24, 2.45) is 5.92 Å². The molecule has 0 bridgehead atoms. The van der Waals surface area contributed by atoms with E-state index in [0.29, 0.717) is 19.1 Å². The molecule has 6 heteroatoms. The second kappa shape index (κ2) is 7.99. The minimum atomic E-state index is -1.02. The maximum Gasteiger partial charge on any atom is 0.326 e. The number of amides is 2. The number of ether oxygens (including phenoxy) is 1. The second-order valence-electron chi connectivity index (χ2n) is 4.98. The van der Waals surface area contributed by atoms with Gasteiger partial charge in [-0.25, -0.2) is 9.59 Å². The molecule has 1 rings (SSSR count). The predicted octanol–water partition coefficient (Wildman–Crippen LogP) is 1.31. The molecule has 6 nitrogen and oxygen atoms in total. The Balaban J connectivity index is 2.48. The Morgan fingerprint density at radius 2 is 2.26 bits per heavy atom. The SMILES string of the molecule is CCC1CCCN(C(=O)NC(CCOC)C(=O)O)C1. The molecule has 2 amide bonds. The van der Waals surface area contributed by atoms with E-state index in [2.05, 4.69) is 12.2 Å². The smallest absolute Gasteiger partial charge is 0.326 e. The number of methoxy groups -OCH3 is 1. The number of rotatable bonds is 6. The van der Waals surface area contributed by atoms with Crippen LogP contribution >= 0.6 is 0 Å². The summed E-state index contributed by atoms with van der Waals surface area (Å²) >= 11 is 0. The number of nitrogens with one attached hydrogen (secondary N) is 1. The Morgan fingerprint density at radius 3 is 2.84 bits per heavy atom. The lowest BCUT2D eigenvalue weighted by molar-refractivity contribution is -0.139. The molecule has 2 atom stereocenters. The van der Waals surface area contributed by atoms with Crippen LogP contribution in [0.5, 0.6) is 0 Å². The Morgan fingerprint density at radius 1 is 1.53 bits per heavy atom. The first-order chi connectivity index (χ1) is 9.08. The van der Waals surface area contributed by atoms with E-state index in [1.165, 1.54) is 7.11 Å². The summed E-state index contributed by atoms with van der Waals surface area (Å²) in [5.74, 6) is -0.490. The topological polar surface area (TPSA) is 78.9 Å². The third kappa shape index (κ3) is 5.06.